The standard InChI is InChI=1S/C14H14ClF3O3/c1-2-21-13(20)5-3-4-12(19)10-8-9(14(16,17)18)6-7-11(10)15/h6-8H,2-5H2,1H3. The summed E-state index contributed by atoms with van der Waals surface area (Å²) < 4.78 is 42.5. The zero-order valence-electron chi connectivity index (χ0n) is 11.3. The lowest BCUT2D eigenvalue weighted by molar-refractivity contribution is -0.143. The number of ketones is 1. The van der Waals surface area contributed by atoms with Crippen molar-refractivity contribution in [3.8, 4) is 0 Å². The molecule has 0 unspecified atom stereocenters. The lowest BCUT2D eigenvalue weighted by Gasteiger charge is -2.09. The second kappa shape index (κ2) is 7.45. The van der Waals surface area contributed by atoms with E-state index < -0.39 is 23.5 Å². The maximum Gasteiger partial charge on any atom is 0.416 e. The summed E-state index contributed by atoms with van der Waals surface area (Å²) in [6, 6.07) is 2.59. The Bertz CT molecular complexity index is 527. The number of rotatable bonds is 6. The van der Waals surface area contributed by atoms with Crippen LogP contribution in [-0.2, 0) is 15.7 Å². The largest absolute Gasteiger partial charge is 0.466 e. The van der Waals surface area contributed by atoms with Crippen molar-refractivity contribution in [1.82, 2.24) is 0 Å². The normalized spacial score (nSPS) is 11.3. The molecule has 0 bridgehead atoms. The van der Waals surface area contributed by atoms with E-state index in [2.05, 4.69) is 0 Å². The molecule has 0 fully saturated rings. The second-order valence-corrected chi connectivity index (χ2v) is 4.68. The van der Waals surface area contributed by atoms with Crippen LogP contribution in [0.5, 0.6) is 0 Å². The highest BCUT2D eigenvalue weighted by Crippen LogP contribution is 2.32. The SMILES string of the molecule is CCOC(=O)CCCC(=O)c1cc(C(F)(F)F)ccc1Cl. The van der Waals surface area contributed by atoms with Crippen molar-refractivity contribution < 1.29 is 27.5 Å². The van der Waals surface area contributed by atoms with Gasteiger partial charge in [0.2, 0.25) is 0 Å². The molecule has 0 aliphatic carbocycles. The average molecular weight is 323 g/mol. The number of benzene rings is 1. The van der Waals surface area contributed by atoms with Crippen molar-refractivity contribution in [1.29, 1.82) is 0 Å². The van der Waals surface area contributed by atoms with E-state index in [-0.39, 0.29) is 36.5 Å². The number of Topliss-reactive ketones (excluding diaryl/α,β-unsaturated/α-hetero) is 1. The molecule has 7 heteroatoms. The van der Waals surface area contributed by atoms with Crippen molar-refractivity contribution in [2.24, 2.45) is 0 Å². The average Bonchev–Trinajstić information content (AvgIpc) is 2.38. The molecule has 0 amide bonds. The van der Waals surface area contributed by atoms with Gasteiger partial charge in [0.1, 0.15) is 0 Å². The Hall–Kier alpha value is -1.56. The monoisotopic (exact) mass is 322 g/mol. The summed E-state index contributed by atoms with van der Waals surface area (Å²) in [6.45, 7) is 1.90. The smallest absolute Gasteiger partial charge is 0.416 e. The van der Waals surface area contributed by atoms with Gasteiger partial charge in [0.15, 0.2) is 5.78 Å². The summed E-state index contributed by atoms with van der Waals surface area (Å²) in [4.78, 5) is 23.0. The predicted octanol–water partition coefficient (Wildman–Crippen LogP) is 4.27. The number of carbonyl (C=O) groups excluding carboxylic acids is 2. The number of alkyl halides is 3. The first-order valence-electron chi connectivity index (χ1n) is 6.31. The Morgan fingerprint density at radius 2 is 1.90 bits per heavy atom. The van der Waals surface area contributed by atoms with Crippen molar-refractivity contribution >= 4 is 23.4 Å². The lowest BCUT2D eigenvalue weighted by atomic mass is 10.0. The van der Waals surface area contributed by atoms with Crippen LogP contribution in [0.3, 0.4) is 0 Å². The molecule has 0 saturated carbocycles. The van der Waals surface area contributed by atoms with E-state index in [9.17, 15) is 22.8 Å². The van der Waals surface area contributed by atoms with E-state index in [1.165, 1.54) is 0 Å². The Balaban J connectivity index is 2.72. The zero-order chi connectivity index (χ0) is 16.0. The summed E-state index contributed by atoms with van der Waals surface area (Å²) in [6.07, 6.45) is -4.37. The molecule has 0 N–H and O–H groups in total. The highest BCUT2D eigenvalue weighted by Gasteiger charge is 2.31. The fourth-order valence-electron chi connectivity index (χ4n) is 1.68. The highest BCUT2D eigenvalue weighted by molar-refractivity contribution is 6.34. The topological polar surface area (TPSA) is 43.4 Å². The first-order valence-corrected chi connectivity index (χ1v) is 6.69. The molecular weight excluding hydrogens is 309 g/mol. The van der Waals surface area contributed by atoms with Crippen LogP contribution in [-0.4, -0.2) is 18.4 Å². The van der Waals surface area contributed by atoms with Gasteiger partial charge in [-0.1, -0.05) is 11.6 Å². The van der Waals surface area contributed by atoms with Gasteiger partial charge in [0, 0.05) is 18.4 Å². The summed E-state index contributed by atoms with van der Waals surface area (Å²) in [5.74, 6) is -0.976. The molecule has 0 atom stereocenters. The number of halogens is 4. The molecule has 0 radical (unpaired) electrons. The third-order valence-corrected chi connectivity index (χ3v) is 3.01. The Kier molecular flexibility index (Phi) is 6.20. The minimum absolute atomic E-state index is 0.0378. The van der Waals surface area contributed by atoms with Crippen LogP contribution < -0.4 is 0 Å². The van der Waals surface area contributed by atoms with Gasteiger partial charge in [-0.3, -0.25) is 9.59 Å². The number of hydrogen-bond donors (Lipinski definition) is 0. The number of ether oxygens (including phenoxy) is 1. The summed E-state index contributed by atoms with van der Waals surface area (Å²) in [5.41, 5.74) is -1.11. The van der Waals surface area contributed by atoms with Crippen molar-refractivity contribution in [3.05, 3.63) is 34.3 Å². The van der Waals surface area contributed by atoms with Crippen molar-refractivity contribution in [2.45, 2.75) is 32.4 Å². The van der Waals surface area contributed by atoms with E-state index in [1.807, 2.05) is 0 Å². The van der Waals surface area contributed by atoms with Crippen LogP contribution in [0.25, 0.3) is 0 Å². The van der Waals surface area contributed by atoms with E-state index >= 15 is 0 Å². The van der Waals surface area contributed by atoms with Crippen LogP contribution in [0.2, 0.25) is 5.02 Å². The molecule has 0 spiro atoms. The lowest BCUT2D eigenvalue weighted by Crippen LogP contribution is -2.09. The van der Waals surface area contributed by atoms with Gasteiger partial charge in [0.05, 0.1) is 17.2 Å². The number of esters is 1. The Morgan fingerprint density at radius 3 is 2.48 bits per heavy atom. The molecule has 0 aliphatic heterocycles. The first-order chi connectivity index (χ1) is 9.75. The van der Waals surface area contributed by atoms with Gasteiger partial charge >= 0.3 is 12.1 Å². The van der Waals surface area contributed by atoms with Crippen molar-refractivity contribution in [2.75, 3.05) is 6.61 Å². The second-order valence-electron chi connectivity index (χ2n) is 4.27. The van der Waals surface area contributed by atoms with Gasteiger partial charge in [-0.05, 0) is 31.5 Å². The van der Waals surface area contributed by atoms with Gasteiger partial charge < -0.3 is 4.74 Å². The van der Waals surface area contributed by atoms with E-state index in [0.717, 1.165) is 18.2 Å². The quantitative estimate of drug-likeness (QED) is 0.580. The maximum atomic E-state index is 12.6. The van der Waals surface area contributed by atoms with E-state index in [4.69, 9.17) is 16.3 Å². The molecule has 3 nitrogen and oxygen atoms in total. The molecule has 116 valence electrons. The summed E-state index contributed by atoms with van der Waals surface area (Å²) in [5, 5.41) is -0.0378. The third-order valence-electron chi connectivity index (χ3n) is 2.68. The molecule has 0 heterocycles. The molecule has 1 aromatic carbocycles. The number of carbonyl (C=O) groups is 2. The minimum atomic E-state index is -4.54. The first kappa shape index (κ1) is 17.5. The Labute approximate surface area is 125 Å². The van der Waals surface area contributed by atoms with Crippen LogP contribution in [0.1, 0.15) is 42.1 Å². The molecule has 1 rings (SSSR count). The Morgan fingerprint density at radius 1 is 1.24 bits per heavy atom. The third kappa shape index (κ3) is 5.38. The summed E-state index contributed by atoms with van der Waals surface area (Å²) >= 11 is 5.75. The fourth-order valence-corrected chi connectivity index (χ4v) is 1.90. The van der Waals surface area contributed by atoms with Gasteiger partial charge in [-0.15, -0.1) is 0 Å². The molecule has 0 aliphatic rings. The van der Waals surface area contributed by atoms with Crippen LogP contribution in [0.4, 0.5) is 13.2 Å². The number of hydrogen-bond acceptors (Lipinski definition) is 3. The van der Waals surface area contributed by atoms with Crippen LogP contribution in [0.15, 0.2) is 18.2 Å². The van der Waals surface area contributed by atoms with E-state index in [0.29, 0.717) is 0 Å². The van der Waals surface area contributed by atoms with Crippen LogP contribution in [0, 0.1) is 0 Å². The fraction of sp³-hybridized carbons (Fsp3) is 0.429. The molecule has 1 aromatic rings. The molecule has 0 saturated heterocycles. The highest BCUT2D eigenvalue weighted by atomic mass is 35.5. The van der Waals surface area contributed by atoms with Crippen molar-refractivity contribution in [3.63, 3.8) is 0 Å². The van der Waals surface area contributed by atoms with Gasteiger partial charge in [-0.25, -0.2) is 0 Å². The molecule has 0 aromatic heterocycles. The van der Waals surface area contributed by atoms with Gasteiger partial charge in [0.25, 0.3) is 0 Å². The molecular formula is C14H14ClF3O3. The van der Waals surface area contributed by atoms with Crippen LogP contribution >= 0.6 is 11.6 Å². The predicted molar refractivity (Wildman–Crippen MR) is 71.3 cm³/mol. The van der Waals surface area contributed by atoms with E-state index in [1.54, 1.807) is 6.92 Å². The maximum absolute atomic E-state index is 12.6. The summed E-state index contributed by atoms with van der Waals surface area (Å²) in [7, 11) is 0. The van der Waals surface area contributed by atoms with Gasteiger partial charge in [-0.2, -0.15) is 13.2 Å². The zero-order valence-corrected chi connectivity index (χ0v) is 12.1. The minimum Gasteiger partial charge on any atom is -0.466 e. The molecule has 21 heavy (non-hydrogen) atoms.